The Kier molecular flexibility index (Phi) is 4.20. The number of carboxylic acids is 2. The van der Waals surface area contributed by atoms with Crippen LogP contribution in [0.1, 0.15) is 23.3 Å². The lowest BCUT2D eigenvalue weighted by Gasteiger charge is -2.00. The van der Waals surface area contributed by atoms with Crippen LogP contribution in [0.2, 0.25) is 5.02 Å². The van der Waals surface area contributed by atoms with Gasteiger partial charge in [0.25, 0.3) is 0 Å². The Labute approximate surface area is 129 Å². The zero-order chi connectivity index (χ0) is 16.5. The second-order valence-electron chi connectivity index (χ2n) is 5.00. The molecule has 1 aliphatic rings. The number of hydrogen-bond acceptors (Lipinski definition) is 4. The lowest BCUT2D eigenvalue weighted by atomic mass is 10.2. The quantitative estimate of drug-likeness (QED) is 0.660. The second-order valence-corrected chi connectivity index (χ2v) is 5.44. The van der Waals surface area contributed by atoms with E-state index < -0.39 is 17.5 Å². The van der Waals surface area contributed by atoms with Crippen LogP contribution in [0.15, 0.2) is 29.1 Å². The van der Waals surface area contributed by atoms with E-state index in [2.05, 4.69) is 4.98 Å². The number of benzene rings is 1. The third-order valence-electron chi connectivity index (χ3n) is 3.24. The van der Waals surface area contributed by atoms with Crippen molar-refractivity contribution >= 4 is 34.4 Å². The van der Waals surface area contributed by atoms with E-state index in [1.807, 2.05) is 0 Å². The first-order chi connectivity index (χ1) is 10.2. The summed E-state index contributed by atoms with van der Waals surface area (Å²) in [5.41, 5.74) is 4.30. The molecule has 1 aromatic carbocycles. The van der Waals surface area contributed by atoms with Crippen LogP contribution in [0, 0.1) is 0 Å². The minimum atomic E-state index is -1.17. The van der Waals surface area contributed by atoms with Gasteiger partial charge in [0.2, 0.25) is 0 Å². The number of aromatic amines is 1. The molecule has 1 fully saturated rings. The van der Waals surface area contributed by atoms with Gasteiger partial charge in [0, 0.05) is 16.5 Å². The minimum Gasteiger partial charge on any atom is -0.480 e. The van der Waals surface area contributed by atoms with Crippen molar-refractivity contribution in [2.24, 2.45) is 5.73 Å². The molecule has 0 spiro atoms. The Morgan fingerprint density at radius 1 is 1.23 bits per heavy atom. The molecule has 2 aromatic rings. The first-order valence-electron chi connectivity index (χ1n) is 6.31. The van der Waals surface area contributed by atoms with E-state index in [0.29, 0.717) is 28.8 Å². The van der Waals surface area contributed by atoms with Crippen LogP contribution in [0.3, 0.4) is 0 Å². The number of H-pyrrole nitrogens is 1. The maximum absolute atomic E-state index is 11.5. The van der Waals surface area contributed by atoms with Crippen molar-refractivity contribution < 1.29 is 19.8 Å². The van der Waals surface area contributed by atoms with E-state index >= 15 is 0 Å². The number of rotatable bonds is 2. The molecule has 0 radical (unpaired) electrons. The summed E-state index contributed by atoms with van der Waals surface area (Å²) in [6, 6.07) is 5.71. The van der Waals surface area contributed by atoms with E-state index in [1.54, 1.807) is 12.1 Å². The van der Waals surface area contributed by atoms with Gasteiger partial charge < -0.3 is 20.9 Å². The van der Waals surface area contributed by atoms with Crippen molar-refractivity contribution in [2.45, 2.75) is 18.4 Å². The molecule has 22 heavy (non-hydrogen) atoms. The molecule has 0 unspecified atom stereocenters. The maximum atomic E-state index is 11.5. The predicted molar refractivity (Wildman–Crippen MR) is 80.3 cm³/mol. The molecule has 1 aromatic heterocycles. The first kappa shape index (κ1) is 16.0. The Morgan fingerprint density at radius 3 is 2.32 bits per heavy atom. The van der Waals surface area contributed by atoms with Crippen LogP contribution in [-0.2, 0) is 4.79 Å². The van der Waals surface area contributed by atoms with Gasteiger partial charge in [0.15, 0.2) is 5.43 Å². The van der Waals surface area contributed by atoms with Gasteiger partial charge in [-0.1, -0.05) is 11.6 Å². The fraction of sp³-hybridized carbons (Fsp3) is 0.214. The molecule has 0 bridgehead atoms. The van der Waals surface area contributed by atoms with E-state index in [1.165, 1.54) is 6.07 Å². The molecule has 1 saturated carbocycles. The molecule has 0 aliphatic heterocycles. The molecule has 7 nitrogen and oxygen atoms in total. The van der Waals surface area contributed by atoms with E-state index in [0.717, 1.165) is 6.07 Å². The van der Waals surface area contributed by atoms with Crippen molar-refractivity contribution in [1.29, 1.82) is 0 Å². The van der Waals surface area contributed by atoms with Gasteiger partial charge in [-0.25, -0.2) is 4.79 Å². The van der Waals surface area contributed by atoms with Crippen LogP contribution in [0.25, 0.3) is 10.9 Å². The second kappa shape index (κ2) is 5.78. The van der Waals surface area contributed by atoms with Crippen LogP contribution in [0.5, 0.6) is 0 Å². The molecule has 1 aliphatic carbocycles. The summed E-state index contributed by atoms with van der Waals surface area (Å²) < 4.78 is 0. The third-order valence-corrected chi connectivity index (χ3v) is 3.47. The third kappa shape index (κ3) is 3.44. The van der Waals surface area contributed by atoms with Crippen molar-refractivity contribution in [3.63, 3.8) is 0 Å². The average Bonchev–Trinajstić information content (AvgIpc) is 3.18. The highest BCUT2D eigenvalue weighted by Gasteiger charge is 2.46. The van der Waals surface area contributed by atoms with Gasteiger partial charge in [-0.05, 0) is 31.0 Å². The molecule has 0 atom stereocenters. The Bertz CT molecular complexity index is 810. The van der Waals surface area contributed by atoms with Crippen molar-refractivity contribution in [2.75, 3.05) is 0 Å². The Hall–Kier alpha value is -2.38. The number of carboxylic acid groups (broad SMARTS) is 2. The number of carbonyl (C=O) groups is 2. The lowest BCUT2D eigenvalue weighted by Crippen LogP contribution is -2.31. The molecular weight excluding hydrogens is 312 g/mol. The molecule has 0 saturated heterocycles. The number of aliphatic carboxylic acids is 1. The highest BCUT2D eigenvalue weighted by atomic mass is 35.5. The summed E-state index contributed by atoms with van der Waals surface area (Å²) in [4.78, 5) is 34.7. The zero-order valence-corrected chi connectivity index (χ0v) is 12.1. The number of halogens is 1. The standard InChI is InChI=1S/C10H6ClNO3.C4H7NO2/c11-5-1-2-6-7(3-5)12-8(10(14)15)4-9(6)13;5-4(1-2-4)3(6)7/h1-4H,(H,12,13)(H,14,15);1-2,5H2,(H,6,7). The number of hydrogen-bond donors (Lipinski definition) is 4. The fourth-order valence-corrected chi connectivity index (χ4v) is 1.86. The summed E-state index contributed by atoms with van der Waals surface area (Å²) in [6.45, 7) is 0. The molecule has 5 N–H and O–H groups in total. The van der Waals surface area contributed by atoms with E-state index in [9.17, 15) is 14.4 Å². The zero-order valence-electron chi connectivity index (χ0n) is 11.3. The minimum absolute atomic E-state index is 0.144. The highest BCUT2D eigenvalue weighted by Crippen LogP contribution is 2.31. The van der Waals surface area contributed by atoms with Crippen molar-refractivity contribution in [3.8, 4) is 0 Å². The molecule has 116 valence electrons. The van der Waals surface area contributed by atoms with Crippen molar-refractivity contribution in [1.82, 2.24) is 4.98 Å². The normalized spacial score (nSPS) is 14.8. The lowest BCUT2D eigenvalue weighted by molar-refractivity contribution is -0.139. The summed E-state index contributed by atoms with van der Waals surface area (Å²) in [5.74, 6) is -2.04. The number of nitrogens with two attached hydrogens (primary N) is 1. The molecule has 3 rings (SSSR count). The smallest absolute Gasteiger partial charge is 0.352 e. The van der Waals surface area contributed by atoms with E-state index in [4.69, 9.17) is 27.5 Å². The summed E-state index contributed by atoms with van der Waals surface area (Å²) in [5, 5.41) is 17.8. The Morgan fingerprint density at radius 2 is 1.86 bits per heavy atom. The van der Waals surface area contributed by atoms with Crippen LogP contribution < -0.4 is 11.2 Å². The summed E-state index contributed by atoms with van der Waals surface area (Å²) in [6.07, 6.45) is 1.28. The van der Waals surface area contributed by atoms with Gasteiger partial charge >= 0.3 is 11.9 Å². The van der Waals surface area contributed by atoms with Gasteiger partial charge in [-0.3, -0.25) is 9.59 Å². The molecular formula is C14H13ClN2O5. The topological polar surface area (TPSA) is 133 Å². The SMILES string of the molecule is NC1(C(=O)O)CC1.O=C(O)c1cc(=O)c2ccc(Cl)cc2[nH]1. The van der Waals surface area contributed by atoms with Crippen LogP contribution in [-0.4, -0.2) is 32.7 Å². The van der Waals surface area contributed by atoms with Gasteiger partial charge in [0.1, 0.15) is 11.2 Å². The summed E-state index contributed by atoms with van der Waals surface area (Å²) in [7, 11) is 0. The van der Waals surface area contributed by atoms with Gasteiger partial charge in [-0.15, -0.1) is 0 Å². The number of fused-ring (bicyclic) bond motifs is 1. The number of aromatic nitrogens is 1. The van der Waals surface area contributed by atoms with E-state index in [-0.39, 0.29) is 11.1 Å². The number of pyridine rings is 1. The van der Waals surface area contributed by atoms with Crippen LogP contribution >= 0.6 is 11.6 Å². The average molecular weight is 325 g/mol. The molecule has 8 heteroatoms. The first-order valence-corrected chi connectivity index (χ1v) is 6.69. The van der Waals surface area contributed by atoms with Gasteiger partial charge in [-0.2, -0.15) is 0 Å². The van der Waals surface area contributed by atoms with Crippen molar-refractivity contribution in [3.05, 3.63) is 45.2 Å². The molecule has 0 amide bonds. The maximum Gasteiger partial charge on any atom is 0.352 e. The number of nitrogens with one attached hydrogen (secondary N) is 1. The predicted octanol–water partition coefficient (Wildman–Crippen LogP) is 1.44. The highest BCUT2D eigenvalue weighted by molar-refractivity contribution is 6.31. The largest absolute Gasteiger partial charge is 0.480 e. The summed E-state index contributed by atoms with van der Waals surface area (Å²) >= 11 is 5.73. The van der Waals surface area contributed by atoms with Crippen LogP contribution in [0.4, 0.5) is 0 Å². The van der Waals surface area contributed by atoms with Gasteiger partial charge in [0.05, 0.1) is 5.52 Å². The Balaban J connectivity index is 0.000000211. The fourth-order valence-electron chi connectivity index (χ4n) is 1.69. The monoisotopic (exact) mass is 324 g/mol. The molecule has 1 heterocycles. The number of aromatic carboxylic acids is 1.